The van der Waals surface area contributed by atoms with Gasteiger partial charge in [-0.05, 0) is 137 Å². The molecule has 1 atom stereocenters. The molecule has 0 N–H and O–H groups in total. The number of hydrogen-bond donors (Lipinski definition) is 0. The van der Waals surface area contributed by atoms with Crippen LogP contribution in [-0.4, -0.2) is 76.8 Å². The van der Waals surface area contributed by atoms with Crippen LogP contribution in [-0.2, 0) is 28.8 Å². The highest BCUT2D eigenvalue weighted by Crippen LogP contribution is 2.24. The minimum Gasteiger partial charge on any atom is -0.439 e. The lowest BCUT2D eigenvalue weighted by Crippen LogP contribution is -2.55. The zero-order chi connectivity index (χ0) is 30.5. The van der Waals surface area contributed by atoms with Crippen LogP contribution in [0, 0.1) is 0 Å². The molecule has 0 aromatic carbocycles. The van der Waals surface area contributed by atoms with E-state index in [9.17, 15) is 0 Å². The summed E-state index contributed by atoms with van der Waals surface area (Å²) in [6, 6.07) is 0. The third kappa shape index (κ3) is 27.6. The quantitative estimate of drug-likeness (QED) is 0.172. The van der Waals surface area contributed by atoms with Gasteiger partial charge in [0.15, 0.2) is 33.3 Å². The van der Waals surface area contributed by atoms with Gasteiger partial charge in [0.2, 0.25) is 0 Å². The summed E-state index contributed by atoms with van der Waals surface area (Å²) >= 11 is 0. The van der Waals surface area contributed by atoms with Crippen LogP contribution in [0.1, 0.15) is 0 Å². The average Bonchev–Trinajstić information content (AvgIpc) is 2.31. The maximum Gasteiger partial charge on any atom is 0.313 e. The summed E-state index contributed by atoms with van der Waals surface area (Å²) < 4.78 is 43.5. The van der Waals surface area contributed by atoms with Crippen molar-refractivity contribution < 1.29 is 28.8 Å². The van der Waals surface area contributed by atoms with E-state index in [0.717, 1.165) is 0 Å². The van der Waals surface area contributed by atoms with Gasteiger partial charge in [0, 0.05) is 0 Å². The Hall–Kier alpha value is 1.67. The molecular weight excluding hydrogens is 617 g/mol. The van der Waals surface area contributed by atoms with Gasteiger partial charge in [-0.25, -0.2) is 0 Å². The fourth-order valence-electron chi connectivity index (χ4n) is 4.40. The summed E-state index contributed by atoms with van der Waals surface area (Å²) in [5.74, 6) is 0. The fraction of sp³-hybridized carbons (Fsp3) is 1.00. The van der Waals surface area contributed by atoms with E-state index in [0.29, 0.717) is 0 Å². The van der Waals surface area contributed by atoms with E-state index in [1.165, 1.54) is 0 Å². The van der Waals surface area contributed by atoms with E-state index in [4.69, 9.17) is 28.8 Å². The average molecular weight is 682 g/mol. The minimum absolute atomic E-state index is 1.53. The summed E-state index contributed by atoms with van der Waals surface area (Å²) in [5.41, 5.74) is 0. The van der Waals surface area contributed by atoms with Crippen molar-refractivity contribution in [2.45, 2.75) is 137 Å². The summed E-state index contributed by atoms with van der Waals surface area (Å²) in [6.45, 7) is 45.5. The van der Waals surface area contributed by atoms with E-state index in [-0.39, 0.29) is 0 Å². The van der Waals surface area contributed by atoms with Crippen LogP contribution in [0.5, 0.6) is 0 Å². The van der Waals surface area contributed by atoms with Gasteiger partial charge in [0.25, 0.3) is 9.28 Å². The molecule has 0 aliphatic rings. The van der Waals surface area contributed by atoms with E-state index in [1.54, 1.807) is 0 Å². The molecule has 0 fully saturated rings. The molecule has 16 heteroatoms. The van der Waals surface area contributed by atoms with Crippen molar-refractivity contribution in [1.82, 2.24) is 0 Å². The molecule has 0 aliphatic carbocycles. The summed E-state index contributed by atoms with van der Waals surface area (Å²) in [5, 5.41) is 0. The summed E-state index contributed by atoms with van der Waals surface area (Å²) in [4.78, 5) is 0. The monoisotopic (exact) mass is 680 g/mol. The van der Waals surface area contributed by atoms with Gasteiger partial charge < -0.3 is 28.8 Å². The first-order valence-electron chi connectivity index (χ1n) is 13.5. The highest BCUT2D eigenvalue weighted by atomic mass is 28.5. The van der Waals surface area contributed by atoms with Gasteiger partial charge in [-0.3, -0.25) is 0 Å². The van der Waals surface area contributed by atoms with Crippen LogP contribution < -0.4 is 0 Å². The lowest BCUT2D eigenvalue weighted by molar-refractivity contribution is 0.312. The van der Waals surface area contributed by atoms with Crippen molar-refractivity contribution in [2.24, 2.45) is 0 Å². The number of rotatable bonds is 14. The van der Waals surface area contributed by atoms with Gasteiger partial charge in [0.1, 0.15) is 0 Å². The maximum atomic E-state index is 6.32. The van der Waals surface area contributed by atoms with Gasteiger partial charge in [0.05, 0.1) is 0 Å². The Morgan fingerprint density at radius 2 is 0.541 bits per heavy atom. The summed E-state index contributed by atoms with van der Waals surface area (Å²) in [6.07, 6.45) is 0. The Morgan fingerprint density at radius 1 is 0.297 bits per heavy atom. The third-order valence-corrected chi connectivity index (χ3v) is 32.5. The summed E-state index contributed by atoms with van der Waals surface area (Å²) in [7, 11) is -16.2. The molecule has 0 radical (unpaired) electrons. The van der Waals surface area contributed by atoms with E-state index >= 15 is 0 Å². The Labute approximate surface area is 242 Å². The van der Waals surface area contributed by atoms with Crippen LogP contribution in [0.4, 0.5) is 0 Å². The van der Waals surface area contributed by atoms with Crippen LogP contribution in [0.2, 0.25) is 137 Å². The van der Waals surface area contributed by atoms with Crippen LogP contribution >= 0.6 is 0 Å². The smallest absolute Gasteiger partial charge is 0.313 e. The third-order valence-electron chi connectivity index (χ3n) is 3.61. The number of hydrogen-bond acceptors (Lipinski definition) is 7. The lowest BCUT2D eigenvalue weighted by Gasteiger charge is -2.39. The molecule has 0 bridgehead atoms. The molecule has 226 valence electrons. The molecule has 0 aliphatic heterocycles. The minimum atomic E-state index is -2.18. The van der Waals surface area contributed by atoms with Crippen LogP contribution in [0.25, 0.3) is 0 Å². The molecule has 0 saturated heterocycles. The van der Waals surface area contributed by atoms with Crippen LogP contribution in [0.15, 0.2) is 0 Å². The van der Waals surface area contributed by atoms with Gasteiger partial charge in [-0.2, -0.15) is 0 Å². The normalized spacial score (nSPS) is 15.8. The first-order valence-corrected chi connectivity index (χ1v) is 40.5. The Morgan fingerprint density at radius 3 is 0.757 bits per heavy atom. The van der Waals surface area contributed by atoms with Gasteiger partial charge in [-0.1, -0.05) is 0 Å². The molecule has 0 heterocycles. The second-order valence-corrected chi connectivity index (χ2v) is 50.6. The molecule has 0 saturated carbocycles. The molecular formula is C21H64O7Si9. The highest BCUT2D eigenvalue weighted by molar-refractivity contribution is 6.89. The molecule has 0 aromatic rings. The van der Waals surface area contributed by atoms with Crippen LogP contribution in [0.3, 0.4) is 0 Å². The Kier molecular flexibility index (Phi) is 15.7. The van der Waals surface area contributed by atoms with Gasteiger partial charge in [-0.15, -0.1) is 0 Å². The molecule has 7 nitrogen and oxygen atoms in total. The van der Waals surface area contributed by atoms with Crippen molar-refractivity contribution in [2.75, 3.05) is 0 Å². The second-order valence-electron chi connectivity index (χ2n) is 15.4. The van der Waals surface area contributed by atoms with E-state index in [1.807, 2.05) is 0 Å². The van der Waals surface area contributed by atoms with E-state index in [2.05, 4.69) is 137 Å². The Bertz CT molecular complexity index is 652. The molecule has 0 aromatic heterocycles. The zero-order valence-corrected chi connectivity index (χ0v) is 37.6. The topological polar surface area (TPSA) is 64.6 Å². The first-order chi connectivity index (χ1) is 15.6. The second kappa shape index (κ2) is 14.2. The fourth-order valence-corrected chi connectivity index (χ4v) is 41.6. The Balaban J connectivity index is 0. The van der Waals surface area contributed by atoms with Crippen molar-refractivity contribution in [3.63, 3.8) is 0 Å². The highest BCUT2D eigenvalue weighted by Gasteiger charge is 2.42. The van der Waals surface area contributed by atoms with Crippen molar-refractivity contribution in [1.29, 1.82) is 0 Å². The molecule has 37 heavy (non-hydrogen) atoms. The predicted molar refractivity (Wildman–Crippen MR) is 184 cm³/mol. The maximum absolute atomic E-state index is 6.32. The standard InChI is InChI=1S/C11H34O4Si5.C10H30O3Si4/c1-16(12-17(2,3)4)13-19(8,9)15-20(10,11)14-18(5,6)7;1-14(2,3)11-16(7,8)13-17(9,10)12-15(4,5)6/h16H,1-11H3;1-10H3. The van der Waals surface area contributed by atoms with Gasteiger partial charge >= 0.3 is 34.2 Å². The largest absolute Gasteiger partial charge is 0.439 e. The van der Waals surface area contributed by atoms with Crippen molar-refractivity contribution in [3.05, 3.63) is 0 Å². The van der Waals surface area contributed by atoms with Crippen molar-refractivity contribution in [3.8, 4) is 0 Å². The first kappa shape index (κ1) is 40.8. The lowest BCUT2D eigenvalue weighted by atomic mass is 11.8. The molecule has 1 unspecified atom stereocenters. The molecule has 0 amide bonds. The van der Waals surface area contributed by atoms with E-state index < -0.39 is 76.8 Å². The molecule has 0 rings (SSSR count). The SMILES string of the molecule is C[SiH](O[Si](C)(C)C)O[Si](C)(C)O[Si](C)(C)O[Si](C)(C)C.C[Si](C)(C)O[Si](C)(C)O[Si](C)(C)O[Si](C)(C)C. The zero-order valence-electron chi connectivity index (χ0n) is 28.4. The predicted octanol–water partition coefficient (Wildman–Crippen LogP) is 8.09. The van der Waals surface area contributed by atoms with Crippen molar-refractivity contribution >= 4 is 76.8 Å². The molecule has 0 spiro atoms.